The van der Waals surface area contributed by atoms with Gasteiger partial charge in [-0.1, -0.05) is 122 Å². The number of rotatable bonds is 24. The largest absolute Gasteiger partial charge is 0.330 e. The second-order valence-corrected chi connectivity index (χ2v) is 8.61. The molecule has 164 valence electrons. The maximum absolute atomic E-state index is 5.52. The van der Waals surface area contributed by atoms with Gasteiger partial charge in [0.25, 0.3) is 0 Å². The molecule has 2 nitrogen and oxygen atoms in total. The van der Waals surface area contributed by atoms with Crippen LogP contribution in [0, 0.1) is 0 Å². The van der Waals surface area contributed by atoms with Crippen LogP contribution in [0.15, 0.2) is 0 Å². The zero-order valence-corrected chi connectivity index (χ0v) is 19.0. The Balaban J connectivity index is 2.95. The molecule has 0 aromatic carbocycles. The fourth-order valence-corrected chi connectivity index (χ4v) is 3.85. The molecule has 2 heteroatoms. The third kappa shape index (κ3) is 25.9. The molecule has 0 fully saturated rings. The molecule has 0 bridgehead atoms. The molecule has 0 rings (SSSR count). The SMILES string of the molecule is CCCCCCCCCCCCNCCCCCCCCCCCCCN. The van der Waals surface area contributed by atoms with Gasteiger partial charge in [0.15, 0.2) is 0 Å². The lowest BCUT2D eigenvalue weighted by atomic mass is 10.1. The van der Waals surface area contributed by atoms with Gasteiger partial charge in [0.05, 0.1) is 0 Å². The number of nitrogens with one attached hydrogen (secondary N) is 1. The third-order valence-corrected chi connectivity index (χ3v) is 5.76. The zero-order valence-electron chi connectivity index (χ0n) is 19.0. The van der Waals surface area contributed by atoms with E-state index in [4.69, 9.17) is 5.73 Å². The molecular formula is C25H54N2. The molecule has 0 radical (unpaired) electrons. The van der Waals surface area contributed by atoms with Crippen LogP contribution in [-0.4, -0.2) is 19.6 Å². The molecule has 3 N–H and O–H groups in total. The fourth-order valence-electron chi connectivity index (χ4n) is 3.85. The first kappa shape index (κ1) is 26.9. The average Bonchev–Trinajstić information content (AvgIpc) is 2.68. The van der Waals surface area contributed by atoms with E-state index in [9.17, 15) is 0 Å². The molecule has 0 heterocycles. The standard InChI is InChI=1S/C25H54N2/c1-2-3-4-5-6-7-12-15-18-21-24-27-25-22-19-16-13-10-8-9-11-14-17-20-23-26/h27H,2-26H2,1H3. The summed E-state index contributed by atoms with van der Waals surface area (Å²) in [6.45, 7) is 5.64. The van der Waals surface area contributed by atoms with Crippen LogP contribution in [0.1, 0.15) is 142 Å². The first-order chi connectivity index (χ1) is 13.4. The Labute approximate surface area is 172 Å². The summed E-state index contributed by atoms with van der Waals surface area (Å²) in [6, 6.07) is 0. The highest BCUT2D eigenvalue weighted by Crippen LogP contribution is 2.11. The average molecular weight is 383 g/mol. The van der Waals surface area contributed by atoms with Crippen molar-refractivity contribution >= 4 is 0 Å². The monoisotopic (exact) mass is 382 g/mol. The Kier molecular flexibility index (Phi) is 25.8. The smallest absolute Gasteiger partial charge is 0.00489 e. The molecule has 0 unspecified atom stereocenters. The van der Waals surface area contributed by atoms with Crippen molar-refractivity contribution in [3.63, 3.8) is 0 Å². The van der Waals surface area contributed by atoms with Crippen molar-refractivity contribution in [2.24, 2.45) is 5.73 Å². The summed E-state index contributed by atoms with van der Waals surface area (Å²) in [6.07, 6.45) is 29.7. The Bertz CT molecular complexity index is 218. The minimum atomic E-state index is 0.869. The fraction of sp³-hybridized carbons (Fsp3) is 1.00. The highest BCUT2D eigenvalue weighted by molar-refractivity contribution is 4.53. The van der Waals surface area contributed by atoms with E-state index in [0.29, 0.717) is 0 Å². The summed E-state index contributed by atoms with van der Waals surface area (Å²) in [5.74, 6) is 0. The maximum atomic E-state index is 5.52. The number of hydrogen-bond acceptors (Lipinski definition) is 2. The number of unbranched alkanes of at least 4 members (excludes halogenated alkanes) is 19. The van der Waals surface area contributed by atoms with E-state index in [2.05, 4.69) is 12.2 Å². The van der Waals surface area contributed by atoms with E-state index in [1.807, 2.05) is 0 Å². The van der Waals surface area contributed by atoms with Crippen LogP contribution in [0.4, 0.5) is 0 Å². The minimum Gasteiger partial charge on any atom is -0.330 e. The Morgan fingerprint density at radius 1 is 0.407 bits per heavy atom. The molecule has 0 aromatic rings. The second-order valence-electron chi connectivity index (χ2n) is 8.61. The highest BCUT2D eigenvalue weighted by atomic mass is 14.8. The quantitative estimate of drug-likeness (QED) is 0.167. The van der Waals surface area contributed by atoms with Crippen molar-refractivity contribution in [3.8, 4) is 0 Å². The lowest BCUT2D eigenvalue weighted by Gasteiger charge is -2.06. The predicted molar refractivity (Wildman–Crippen MR) is 125 cm³/mol. The number of hydrogen-bond donors (Lipinski definition) is 2. The van der Waals surface area contributed by atoms with Gasteiger partial charge >= 0.3 is 0 Å². The van der Waals surface area contributed by atoms with Crippen molar-refractivity contribution in [2.45, 2.75) is 142 Å². The molecule has 0 saturated carbocycles. The van der Waals surface area contributed by atoms with Gasteiger partial charge in [-0.05, 0) is 38.9 Å². The van der Waals surface area contributed by atoms with Crippen LogP contribution in [0.3, 0.4) is 0 Å². The Morgan fingerprint density at radius 2 is 0.704 bits per heavy atom. The van der Waals surface area contributed by atoms with Crippen LogP contribution in [0.25, 0.3) is 0 Å². The van der Waals surface area contributed by atoms with Crippen molar-refractivity contribution < 1.29 is 0 Å². The van der Waals surface area contributed by atoms with Crippen LogP contribution in [0.2, 0.25) is 0 Å². The van der Waals surface area contributed by atoms with E-state index in [0.717, 1.165) is 6.54 Å². The van der Waals surface area contributed by atoms with Gasteiger partial charge in [-0.25, -0.2) is 0 Å². The highest BCUT2D eigenvalue weighted by Gasteiger charge is 1.95. The summed E-state index contributed by atoms with van der Waals surface area (Å²) in [5.41, 5.74) is 5.52. The molecule has 0 atom stereocenters. The number of nitrogens with two attached hydrogens (primary N) is 1. The summed E-state index contributed by atoms with van der Waals surface area (Å²) in [4.78, 5) is 0. The van der Waals surface area contributed by atoms with E-state index in [1.165, 1.54) is 148 Å². The molecule has 0 spiro atoms. The molecule has 0 aliphatic heterocycles. The van der Waals surface area contributed by atoms with Crippen molar-refractivity contribution in [2.75, 3.05) is 19.6 Å². The summed E-state index contributed by atoms with van der Waals surface area (Å²) >= 11 is 0. The first-order valence-electron chi connectivity index (χ1n) is 12.8. The molecule has 0 aromatic heterocycles. The minimum absolute atomic E-state index is 0.869. The van der Waals surface area contributed by atoms with Crippen molar-refractivity contribution in [1.29, 1.82) is 0 Å². The van der Waals surface area contributed by atoms with Crippen LogP contribution in [0.5, 0.6) is 0 Å². The summed E-state index contributed by atoms with van der Waals surface area (Å²) < 4.78 is 0. The van der Waals surface area contributed by atoms with Crippen molar-refractivity contribution in [3.05, 3.63) is 0 Å². The maximum Gasteiger partial charge on any atom is -0.00489 e. The Hall–Kier alpha value is -0.0800. The van der Waals surface area contributed by atoms with Gasteiger partial charge in [0.1, 0.15) is 0 Å². The Morgan fingerprint density at radius 3 is 1.04 bits per heavy atom. The van der Waals surface area contributed by atoms with Gasteiger partial charge in [-0.2, -0.15) is 0 Å². The molecule has 27 heavy (non-hydrogen) atoms. The lowest BCUT2D eigenvalue weighted by molar-refractivity contribution is 0.523. The molecule has 0 saturated heterocycles. The van der Waals surface area contributed by atoms with Gasteiger partial charge in [-0.3, -0.25) is 0 Å². The van der Waals surface area contributed by atoms with Gasteiger partial charge in [0.2, 0.25) is 0 Å². The molecule has 0 amide bonds. The lowest BCUT2D eigenvalue weighted by Crippen LogP contribution is -2.16. The van der Waals surface area contributed by atoms with E-state index >= 15 is 0 Å². The molecular weight excluding hydrogens is 328 g/mol. The van der Waals surface area contributed by atoms with Crippen LogP contribution >= 0.6 is 0 Å². The van der Waals surface area contributed by atoms with E-state index < -0.39 is 0 Å². The summed E-state index contributed by atoms with van der Waals surface area (Å²) in [7, 11) is 0. The van der Waals surface area contributed by atoms with Gasteiger partial charge in [-0.15, -0.1) is 0 Å². The summed E-state index contributed by atoms with van der Waals surface area (Å²) in [5, 5.41) is 3.64. The molecule has 0 aliphatic rings. The normalized spacial score (nSPS) is 11.3. The second kappa shape index (κ2) is 25.9. The van der Waals surface area contributed by atoms with Crippen molar-refractivity contribution in [1.82, 2.24) is 5.32 Å². The predicted octanol–water partition coefficient (Wildman–Crippen LogP) is 7.75. The van der Waals surface area contributed by atoms with Gasteiger partial charge < -0.3 is 11.1 Å². The van der Waals surface area contributed by atoms with E-state index in [-0.39, 0.29) is 0 Å². The first-order valence-corrected chi connectivity index (χ1v) is 12.8. The third-order valence-electron chi connectivity index (χ3n) is 5.76. The van der Waals surface area contributed by atoms with Crippen LogP contribution in [-0.2, 0) is 0 Å². The van der Waals surface area contributed by atoms with E-state index in [1.54, 1.807) is 0 Å². The van der Waals surface area contributed by atoms with Gasteiger partial charge in [0, 0.05) is 0 Å². The molecule has 0 aliphatic carbocycles. The van der Waals surface area contributed by atoms with Crippen LogP contribution < -0.4 is 11.1 Å². The zero-order chi connectivity index (χ0) is 19.7. The topological polar surface area (TPSA) is 38.0 Å².